The van der Waals surface area contributed by atoms with Crippen molar-refractivity contribution in [1.82, 2.24) is 9.78 Å². The molecule has 0 atom stereocenters. The molecule has 0 saturated heterocycles. The van der Waals surface area contributed by atoms with Crippen molar-refractivity contribution >= 4 is 11.5 Å². The van der Waals surface area contributed by atoms with Crippen molar-refractivity contribution in [2.24, 2.45) is 5.41 Å². The van der Waals surface area contributed by atoms with Crippen molar-refractivity contribution < 1.29 is 0 Å². The molecule has 4 nitrogen and oxygen atoms in total. The van der Waals surface area contributed by atoms with Gasteiger partial charge < -0.3 is 11.1 Å². The molecule has 4 heteroatoms. The lowest BCUT2D eigenvalue weighted by molar-refractivity contribution is 0.144. The number of anilines is 2. The number of hydrogen-bond donors (Lipinski definition) is 2. The monoisotopic (exact) mass is 250 g/mol. The van der Waals surface area contributed by atoms with Gasteiger partial charge >= 0.3 is 0 Å². The molecule has 0 amide bonds. The topological polar surface area (TPSA) is 55.9 Å². The van der Waals surface area contributed by atoms with Crippen LogP contribution in [-0.4, -0.2) is 16.3 Å². The Labute approximate surface area is 110 Å². The van der Waals surface area contributed by atoms with E-state index in [1.165, 1.54) is 25.7 Å². The third-order valence-electron chi connectivity index (χ3n) is 4.40. The molecule has 1 fully saturated rings. The molecule has 1 aliphatic carbocycles. The molecule has 0 unspecified atom stereocenters. The minimum atomic E-state index is 0.502. The van der Waals surface area contributed by atoms with Gasteiger partial charge in [0.15, 0.2) is 0 Å². The van der Waals surface area contributed by atoms with Gasteiger partial charge in [0, 0.05) is 13.1 Å². The normalized spacial score (nSPS) is 17.5. The highest BCUT2D eigenvalue weighted by Crippen LogP contribution is 2.44. The Morgan fingerprint density at radius 3 is 2.61 bits per heavy atom. The molecular weight excluding hydrogens is 224 g/mol. The fraction of sp³-hybridized carbons (Fsp3) is 0.786. The maximum absolute atomic E-state index is 6.12. The van der Waals surface area contributed by atoms with Crippen LogP contribution in [0.2, 0.25) is 0 Å². The first kappa shape index (κ1) is 13.2. The second-order valence-electron chi connectivity index (χ2n) is 5.63. The van der Waals surface area contributed by atoms with Crippen molar-refractivity contribution in [2.45, 2.75) is 59.4 Å². The highest BCUT2D eigenvalue weighted by Gasteiger charge is 2.35. The van der Waals surface area contributed by atoms with Gasteiger partial charge in [0.25, 0.3) is 0 Å². The Kier molecular flexibility index (Phi) is 3.83. The predicted octanol–water partition coefficient (Wildman–Crippen LogP) is 3.18. The molecule has 1 aromatic heterocycles. The van der Waals surface area contributed by atoms with E-state index < -0.39 is 0 Å². The highest BCUT2D eigenvalue weighted by atomic mass is 15.3. The number of nitrogens with zero attached hydrogens (tertiary/aromatic N) is 2. The summed E-state index contributed by atoms with van der Waals surface area (Å²) in [5, 5.41) is 8.06. The van der Waals surface area contributed by atoms with Gasteiger partial charge in [-0.15, -0.1) is 0 Å². The van der Waals surface area contributed by atoms with Crippen molar-refractivity contribution in [2.75, 3.05) is 17.6 Å². The van der Waals surface area contributed by atoms with E-state index in [2.05, 4.69) is 24.3 Å². The third kappa shape index (κ3) is 2.33. The molecule has 0 aliphatic heterocycles. The number of rotatable bonds is 6. The summed E-state index contributed by atoms with van der Waals surface area (Å²) < 4.78 is 2.02. The maximum atomic E-state index is 6.12. The average molecular weight is 250 g/mol. The van der Waals surface area contributed by atoms with Crippen LogP contribution in [0.5, 0.6) is 0 Å². The summed E-state index contributed by atoms with van der Waals surface area (Å²) >= 11 is 0. The van der Waals surface area contributed by atoms with Crippen LogP contribution in [0.15, 0.2) is 0 Å². The summed E-state index contributed by atoms with van der Waals surface area (Å²) in [7, 11) is 0. The van der Waals surface area contributed by atoms with Crippen LogP contribution in [-0.2, 0) is 6.54 Å². The Morgan fingerprint density at radius 2 is 2.11 bits per heavy atom. The maximum Gasteiger partial charge on any atom is 0.148 e. The van der Waals surface area contributed by atoms with E-state index in [0.29, 0.717) is 5.41 Å². The number of hydrogen-bond acceptors (Lipinski definition) is 3. The summed E-state index contributed by atoms with van der Waals surface area (Å²) in [6, 6.07) is 0. The molecule has 3 N–H and O–H groups in total. The summed E-state index contributed by atoms with van der Waals surface area (Å²) in [5.74, 6) is 1.02. The van der Waals surface area contributed by atoms with E-state index in [1.54, 1.807) is 0 Å². The lowest BCUT2D eigenvalue weighted by atomic mass is 9.67. The van der Waals surface area contributed by atoms with Crippen molar-refractivity contribution in [3.8, 4) is 0 Å². The fourth-order valence-corrected chi connectivity index (χ4v) is 2.76. The van der Waals surface area contributed by atoms with Gasteiger partial charge in [0.2, 0.25) is 0 Å². The first-order valence-electron chi connectivity index (χ1n) is 7.18. The van der Waals surface area contributed by atoms with E-state index in [-0.39, 0.29) is 0 Å². The quantitative estimate of drug-likeness (QED) is 0.815. The number of nitrogen functional groups attached to an aromatic ring is 1. The Morgan fingerprint density at radius 1 is 1.39 bits per heavy atom. The smallest absolute Gasteiger partial charge is 0.148 e. The SMILES string of the molecule is CCCn1nc(C)c(N)c1NCC1(CC)CCC1. The molecule has 102 valence electrons. The summed E-state index contributed by atoms with van der Waals surface area (Å²) in [5.41, 5.74) is 8.37. The van der Waals surface area contributed by atoms with Gasteiger partial charge in [-0.3, -0.25) is 0 Å². The molecule has 1 saturated carbocycles. The minimum absolute atomic E-state index is 0.502. The third-order valence-corrected chi connectivity index (χ3v) is 4.40. The standard InChI is InChI=1S/C14H26N4/c1-4-9-18-13(12(15)11(3)17-18)16-10-14(5-2)7-6-8-14/h16H,4-10,15H2,1-3H3. The van der Waals surface area contributed by atoms with Gasteiger partial charge in [-0.1, -0.05) is 20.3 Å². The zero-order valence-electron chi connectivity index (χ0n) is 11.9. The minimum Gasteiger partial charge on any atom is -0.394 e. The van der Waals surface area contributed by atoms with E-state index in [4.69, 9.17) is 5.73 Å². The Bertz CT molecular complexity index is 399. The molecular formula is C14H26N4. The van der Waals surface area contributed by atoms with Crippen LogP contribution in [0.3, 0.4) is 0 Å². The van der Waals surface area contributed by atoms with Crippen LogP contribution >= 0.6 is 0 Å². The number of nitrogens with one attached hydrogen (secondary N) is 1. The van der Waals surface area contributed by atoms with Crippen LogP contribution in [0, 0.1) is 12.3 Å². The molecule has 2 rings (SSSR count). The number of nitrogens with two attached hydrogens (primary N) is 1. The molecule has 0 spiro atoms. The van der Waals surface area contributed by atoms with Gasteiger partial charge in [-0.05, 0) is 38.0 Å². The zero-order valence-corrected chi connectivity index (χ0v) is 11.9. The number of aromatic nitrogens is 2. The average Bonchev–Trinajstić information content (AvgIpc) is 2.56. The van der Waals surface area contributed by atoms with E-state index in [0.717, 1.165) is 36.7 Å². The summed E-state index contributed by atoms with van der Waals surface area (Å²) in [4.78, 5) is 0. The first-order valence-corrected chi connectivity index (χ1v) is 7.18. The summed E-state index contributed by atoms with van der Waals surface area (Å²) in [6.07, 6.45) is 6.39. The molecule has 1 heterocycles. The van der Waals surface area contributed by atoms with Crippen molar-refractivity contribution in [3.63, 3.8) is 0 Å². The van der Waals surface area contributed by atoms with E-state index >= 15 is 0 Å². The van der Waals surface area contributed by atoms with Crippen LogP contribution in [0.25, 0.3) is 0 Å². The van der Waals surface area contributed by atoms with E-state index in [1.807, 2.05) is 11.6 Å². The van der Waals surface area contributed by atoms with Crippen molar-refractivity contribution in [1.29, 1.82) is 0 Å². The van der Waals surface area contributed by atoms with Gasteiger partial charge in [-0.2, -0.15) is 5.10 Å². The summed E-state index contributed by atoms with van der Waals surface area (Å²) in [6.45, 7) is 8.39. The van der Waals surface area contributed by atoms with Crippen LogP contribution in [0.4, 0.5) is 11.5 Å². The van der Waals surface area contributed by atoms with Crippen molar-refractivity contribution in [3.05, 3.63) is 5.69 Å². The molecule has 1 aliphatic rings. The predicted molar refractivity (Wildman–Crippen MR) is 76.7 cm³/mol. The molecule has 0 bridgehead atoms. The second-order valence-corrected chi connectivity index (χ2v) is 5.63. The molecule has 1 aromatic rings. The lowest BCUT2D eigenvalue weighted by Gasteiger charge is -2.41. The van der Waals surface area contributed by atoms with Gasteiger partial charge in [0.05, 0.1) is 11.4 Å². The van der Waals surface area contributed by atoms with Gasteiger partial charge in [-0.25, -0.2) is 4.68 Å². The van der Waals surface area contributed by atoms with Gasteiger partial charge in [0.1, 0.15) is 5.82 Å². The lowest BCUT2D eigenvalue weighted by Crippen LogP contribution is -2.36. The fourth-order valence-electron chi connectivity index (χ4n) is 2.76. The van der Waals surface area contributed by atoms with E-state index in [9.17, 15) is 0 Å². The van der Waals surface area contributed by atoms with Crippen LogP contribution in [0.1, 0.15) is 51.6 Å². The molecule has 0 aromatic carbocycles. The molecule has 18 heavy (non-hydrogen) atoms. The first-order chi connectivity index (χ1) is 8.62. The molecule has 0 radical (unpaired) electrons. The van der Waals surface area contributed by atoms with Crippen LogP contribution < -0.4 is 11.1 Å². The number of aryl methyl sites for hydroxylation is 2. The Hall–Kier alpha value is -1.19. The Balaban J connectivity index is 2.08. The second kappa shape index (κ2) is 5.21. The largest absolute Gasteiger partial charge is 0.394 e. The zero-order chi connectivity index (χ0) is 13.2. The highest BCUT2D eigenvalue weighted by molar-refractivity contribution is 5.64.